The molecule has 0 aliphatic carbocycles. The van der Waals surface area contributed by atoms with Crippen LogP contribution in [0.25, 0.3) is 0 Å². The number of methoxy groups -OCH3 is 1. The Morgan fingerprint density at radius 1 is 1.75 bits per heavy atom. The zero-order chi connectivity index (χ0) is 6.57. The highest BCUT2D eigenvalue weighted by atomic mass is 32.1. The van der Waals surface area contributed by atoms with E-state index >= 15 is 0 Å². The molecule has 0 aliphatic heterocycles. The smallest absolute Gasteiger partial charge is 0.333 e. The van der Waals surface area contributed by atoms with Gasteiger partial charge in [-0.1, -0.05) is 0 Å². The van der Waals surface area contributed by atoms with E-state index in [-0.39, 0.29) is 5.97 Å². The molecule has 0 rings (SSSR count). The number of ether oxygens (including phenoxy) is 1. The summed E-state index contributed by atoms with van der Waals surface area (Å²) in [4.78, 5) is 10.4. The first-order valence-corrected chi connectivity index (χ1v) is 2.63. The van der Waals surface area contributed by atoms with Crippen LogP contribution in [0.2, 0.25) is 0 Å². The predicted octanol–water partition coefficient (Wildman–Crippen LogP) is 0.993. The van der Waals surface area contributed by atoms with Crippen LogP contribution in [0.3, 0.4) is 0 Å². The van der Waals surface area contributed by atoms with Crippen LogP contribution in [0.1, 0.15) is 6.92 Å². The minimum absolute atomic E-state index is 0.333. The maximum Gasteiger partial charge on any atom is 0.333 e. The third kappa shape index (κ3) is 2.02. The molecule has 0 atom stereocenters. The van der Waals surface area contributed by atoms with Gasteiger partial charge in [-0.3, -0.25) is 0 Å². The highest BCUT2D eigenvalue weighted by molar-refractivity contribution is 7.83. The van der Waals surface area contributed by atoms with Crippen molar-refractivity contribution in [3.8, 4) is 0 Å². The van der Waals surface area contributed by atoms with Gasteiger partial charge in [0.2, 0.25) is 0 Å². The summed E-state index contributed by atoms with van der Waals surface area (Å²) in [6.07, 6.45) is 0. The molecule has 0 N–H and O–H groups in total. The van der Waals surface area contributed by atoms with Gasteiger partial charge in [0.25, 0.3) is 0 Å². The molecule has 0 radical (unpaired) electrons. The molecule has 0 bridgehead atoms. The number of hydrogen-bond acceptors (Lipinski definition) is 3. The Balaban J connectivity index is 3.83. The molecule has 0 saturated heterocycles. The summed E-state index contributed by atoms with van der Waals surface area (Å²) in [6, 6.07) is 0. The summed E-state index contributed by atoms with van der Waals surface area (Å²) in [7, 11) is 1.34. The Morgan fingerprint density at radius 3 is 2.38 bits per heavy atom. The van der Waals surface area contributed by atoms with E-state index in [9.17, 15) is 4.79 Å². The fourth-order valence-electron chi connectivity index (χ4n) is 0.214. The van der Waals surface area contributed by atoms with Crippen molar-refractivity contribution in [2.75, 3.05) is 7.11 Å². The Hall–Kier alpha value is -0.440. The second-order valence-corrected chi connectivity index (χ2v) is 1.56. The SMILES string of the molecule is COC(=O)C(C)=CS. The Kier molecular flexibility index (Phi) is 3.35. The zero-order valence-electron chi connectivity index (χ0n) is 4.84. The number of esters is 1. The number of carbonyl (C=O) groups excluding carboxylic acids is 1. The van der Waals surface area contributed by atoms with Gasteiger partial charge in [-0.25, -0.2) is 4.79 Å². The third-order valence-electron chi connectivity index (χ3n) is 0.701. The molecule has 0 fully saturated rings. The topological polar surface area (TPSA) is 26.3 Å². The first-order valence-electron chi connectivity index (χ1n) is 2.11. The van der Waals surface area contributed by atoms with Crippen molar-refractivity contribution >= 4 is 18.6 Å². The lowest BCUT2D eigenvalue weighted by Crippen LogP contribution is -1.99. The molecule has 0 aromatic rings. The second-order valence-electron chi connectivity index (χ2n) is 1.30. The molecule has 0 unspecified atom stereocenters. The molecule has 0 aromatic heterocycles. The van der Waals surface area contributed by atoms with Crippen molar-refractivity contribution in [3.63, 3.8) is 0 Å². The lowest BCUT2D eigenvalue weighted by Gasteiger charge is -1.93. The van der Waals surface area contributed by atoms with Gasteiger partial charge in [-0.15, -0.1) is 0 Å². The van der Waals surface area contributed by atoms with Gasteiger partial charge in [-0.05, 0) is 12.3 Å². The van der Waals surface area contributed by atoms with Gasteiger partial charge in [0.1, 0.15) is 0 Å². The van der Waals surface area contributed by atoms with Crippen LogP contribution in [-0.2, 0) is 9.53 Å². The molecule has 3 heteroatoms. The van der Waals surface area contributed by atoms with E-state index < -0.39 is 0 Å². The van der Waals surface area contributed by atoms with Gasteiger partial charge in [0.15, 0.2) is 0 Å². The van der Waals surface area contributed by atoms with Crippen LogP contribution in [0, 0.1) is 0 Å². The maximum atomic E-state index is 10.4. The number of carbonyl (C=O) groups is 1. The van der Waals surface area contributed by atoms with Gasteiger partial charge >= 0.3 is 5.97 Å². The van der Waals surface area contributed by atoms with E-state index in [1.807, 2.05) is 0 Å². The summed E-state index contributed by atoms with van der Waals surface area (Å²) in [6.45, 7) is 1.64. The molecule has 2 nitrogen and oxygen atoms in total. The minimum Gasteiger partial charge on any atom is -0.466 e. The molecular formula is C5H8O2S. The van der Waals surface area contributed by atoms with Crippen LogP contribution in [0.5, 0.6) is 0 Å². The van der Waals surface area contributed by atoms with Crippen molar-refractivity contribution in [2.24, 2.45) is 0 Å². The maximum absolute atomic E-state index is 10.4. The average Bonchev–Trinajstić information content (AvgIpc) is 1.84. The van der Waals surface area contributed by atoms with Crippen LogP contribution < -0.4 is 0 Å². The third-order valence-corrected chi connectivity index (χ3v) is 1.09. The van der Waals surface area contributed by atoms with Gasteiger partial charge in [-0.2, -0.15) is 12.6 Å². The molecule has 0 spiro atoms. The molecule has 0 amide bonds. The fraction of sp³-hybridized carbons (Fsp3) is 0.400. The van der Waals surface area contributed by atoms with Crippen molar-refractivity contribution in [3.05, 3.63) is 11.0 Å². The van der Waals surface area contributed by atoms with E-state index in [1.54, 1.807) is 6.92 Å². The first kappa shape index (κ1) is 7.56. The van der Waals surface area contributed by atoms with Crippen molar-refractivity contribution in [1.29, 1.82) is 0 Å². The normalized spacial score (nSPS) is 11.1. The van der Waals surface area contributed by atoms with Gasteiger partial charge in [0.05, 0.1) is 7.11 Å². The van der Waals surface area contributed by atoms with Crippen LogP contribution in [0.15, 0.2) is 11.0 Å². The van der Waals surface area contributed by atoms with Crippen LogP contribution in [0.4, 0.5) is 0 Å². The Bertz CT molecular complexity index is 118. The predicted molar refractivity (Wildman–Crippen MR) is 34.8 cm³/mol. The minimum atomic E-state index is -0.333. The van der Waals surface area contributed by atoms with Crippen LogP contribution in [-0.4, -0.2) is 13.1 Å². The molecule has 0 aliphatic rings. The number of hydrogen-bond donors (Lipinski definition) is 1. The molecule has 0 saturated carbocycles. The molecule has 0 heterocycles. The lowest BCUT2D eigenvalue weighted by atomic mass is 10.4. The summed E-state index contributed by atoms with van der Waals surface area (Å²) in [5.41, 5.74) is 0.510. The standard InChI is InChI=1S/C5H8O2S/c1-4(3-8)5(6)7-2/h3,8H,1-2H3. The van der Waals surface area contributed by atoms with E-state index in [2.05, 4.69) is 17.4 Å². The molecule has 8 heavy (non-hydrogen) atoms. The van der Waals surface area contributed by atoms with Crippen molar-refractivity contribution < 1.29 is 9.53 Å². The quantitative estimate of drug-likeness (QED) is 0.327. The average molecular weight is 132 g/mol. The summed E-state index contributed by atoms with van der Waals surface area (Å²) < 4.78 is 4.35. The highest BCUT2D eigenvalue weighted by Crippen LogP contribution is 1.95. The molecule has 46 valence electrons. The van der Waals surface area contributed by atoms with E-state index in [0.29, 0.717) is 5.57 Å². The van der Waals surface area contributed by atoms with Gasteiger partial charge < -0.3 is 4.74 Å². The fourth-order valence-corrected chi connectivity index (χ4v) is 0.319. The molecule has 0 aromatic carbocycles. The Morgan fingerprint density at radius 2 is 2.25 bits per heavy atom. The van der Waals surface area contributed by atoms with E-state index in [4.69, 9.17) is 0 Å². The summed E-state index contributed by atoms with van der Waals surface area (Å²) in [5, 5.41) is 1.41. The Labute approximate surface area is 53.9 Å². The number of thiol groups is 1. The first-order chi connectivity index (χ1) is 3.72. The number of rotatable bonds is 1. The van der Waals surface area contributed by atoms with Crippen molar-refractivity contribution in [2.45, 2.75) is 6.92 Å². The highest BCUT2D eigenvalue weighted by Gasteiger charge is 1.98. The second kappa shape index (κ2) is 3.55. The lowest BCUT2D eigenvalue weighted by molar-refractivity contribution is -0.136. The summed E-state index contributed by atoms with van der Waals surface area (Å²) >= 11 is 3.75. The van der Waals surface area contributed by atoms with Gasteiger partial charge in [0, 0.05) is 5.57 Å². The monoisotopic (exact) mass is 132 g/mol. The van der Waals surface area contributed by atoms with Crippen LogP contribution >= 0.6 is 12.6 Å². The largest absolute Gasteiger partial charge is 0.466 e. The molecular weight excluding hydrogens is 124 g/mol. The van der Waals surface area contributed by atoms with Crippen molar-refractivity contribution in [1.82, 2.24) is 0 Å². The van der Waals surface area contributed by atoms with E-state index in [1.165, 1.54) is 12.5 Å². The summed E-state index contributed by atoms with van der Waals surface area (Å²) in [5.74, 6) is -0.333. The zero-order valence-corrected chi connectivity index (χ0v) is 5.74. The van der Waals surface area contributed by atoms with E-state index in [0.717, 1.165) is 0 Å².